The SMILES string of the molecule is CCC(O)(CO)C(O)C(=O)COP(O)O. The standard InChI is InChI=1S/C7H15O7P/c1-2-7(11,4-8)6(10)5(9)3-14-15(12)13/h6,8,10-13H,2-4H2,1H3. The second-order valence-electron chi connectivity index (χ2n) is 3.01. The van der Waals surface area contributed by atoms with E-state index in [1.165, 1.54) is 6.92 Å². The zero-order valence-electron chi connectivity index (χ0n) is 8.20. The van der Waals surface area contributed by atoms with E-state index in [4.69, 9.17) is 14.9 Å². The molecule has 0 aromatic rings. The number of rotatable bonds is 7. The van der Waals surface area contributed by atoms with Crippen LogP contribution in [0.25, 0.3) is 0 Å². The summed E-state index contributed by atoms with van der Waals surface area (Å²) >= 11 is 0. The van der Waals surface area contributed by atoms with Gasteiger partial charge in [-0.2, -0.15) is 0 Å². The van der Waals surface area contributed by atoms with Gasteiger partial charge in [-0.15, -0.1) is 0 Å². The summed E-state index contributed by atoms with van der Waals surface area (Å²) in [5, 5.41) is 27.7. The average molecular weight is 242 g/mol. The first kappa shape index (κ1) is 14.9. The van der Waals surface area contributed by atoms with Gasteiger partial charge in [0.05, 0.1) is 6.61 Å². The summed E-state index contributed by atoms with van der Waals surface area (Å²) in [6.45, 7) is -0.0237. The molecule has 2 atom stereocenters. The van der Waals surface area contributed by atoms with E-state index >= 15 is 0 Å². The van der Waals surface area contributed by atoms with Gasteiger partial charge in [0.1, 0.15) is 18.3 Å². The summed E-state index contributed by atoms with van der Waals surface area (Å²) in [5.74, 6) is -0.927. The Morgan fingerprint density at radius 1 is 1.53 bits per heavy atom. The largest absolute Gasteiger partial charge is 0.393 e. The van der Waals surface area contributed by atoms with Gasteiger partial charge in [0, 0.05) is 0 Å². The number of hydrogen-bond donors (Lipinski definition) is 5. The first-order valence-electron chi connectivity index (χ1n) is 4.22. The van der Waals surface area contributed by atoms with Gasteiger partial charge in [0.25, 0.3) is 0 Å². The Morgan fingerprint density at radius 2 is 2.07 bits per heavy atom. The summed E-state index contributed by atoms with van der Waals surface area (Å²) in [7, 11) is -2.68. The molecule has 5 N–H and O–H groups in total. The van der Waals surface area contributed by atoms with Crippen molar-refractivity contribution >= 4 is 14.4 Å². The summed E-state index contributed by atoms with van der Waals surface area (Å²) in [5.41, 5.74) is -1.92. The lowest BCUT2D eigenvalue weighted by Crippen LogP contribution is -2.50. The van der Waals surface area contributed by atoms with Crippen molar-refractivity contribution in [3.05, 3.63) is 0 Å². The summed E-state index contributed by atoms with van der Waals surface area (Å²) < 4.78 is 4.18. The molecule has 8 heteroatoms. The van der Waals surface area contributed by atoms with Crippen LogP contribution in [0.15, 0.2) is 0 Å². The second-order valence-corrected chi connectivity index (χ2v) is 3.77. The molecule has 0 heterocycles. The van der Waals surface area contributed by atoms with Crippen molar-refractivity contribution in [3.63, 3.8) is 0 Å². The fourth-order valence-electron chi connectivity index (χ4n) is 0.892. The van der Waals surface area contributed by atoms with Crippen LogP contribution in [-0.4, -0.2) is 55.8 Å². The van der Waals surface area contributed by atoms with Crippen molar-refractivity contribution in [1.29, 1.82) is 0 Å². The van der Waals surface area contributed by atoms with E-state index in [0.717, 1.165) is 0 Å². The van der Waals surface area contributed by atoms with Crippen LogP contribution in [0, 0.1) is 0 Å². The molecule has 0 aliphatic rings. The lowest BCUT2D eigenvalue weighted by Gasteiger charge is -2.28. The maximum Gasteiger partial charge on any atom is 0.327 e. The van der Waals surface area contributed by atoms with Crippen molar-refractivity contribution in [2.45, 2.75) is 25.0 Å². The maximum atomic E-state index is 11.2. The number of aliphatic hydroxyl groups excluding tert-OH is 2. The topological polar surface area (TPSA) is 127 Å². The van der Waals surface area contributed by atoms with Crippen molar-refractivity contribution in [3.8, 4) is 0 Å². The Bertz CT molecular complexity index is 204. The Labute approximate surface area is 87.9 Å². The van der Waals surface area contributed by atoms with Crippen LogP contribution in [-0.2, 0) is 9.32 Å². The molecule has 0 aromatic heterocycles. The Morgan fingerprint density at radius 3 is 2.40 bits per heavy atom. The molecular weight excluding hydrogens is 227 g/mol. The molecule has 0 fully saturated rings. The fraction of sp³-hybridized carbons (Fsp3) is 0.857. The van der Waals surface area contributed by atoms with Crippen molar-refractivity contribution in [2.24, 2.45) is 0 Å². The molecule has 90 valence electrons. The fourth-order valence-corrected chi connectivity index (χ4v) is 1.13. The molecule has 0 rings (SSSR count). The van der Waals surface area contributed by atoms with Crippen LogP contribution in [0.4, 0.5) is 0 Å². The normalized spacial score (nSPS) is 17.5. The van der Waals surface area contributed by atoms with Gasteiger partial charge in [0.15, 0.2) is 5.78 Å². The molecule has 0 aliphatic heterocycles. The number of Topliss-reactive ketones (excluding diaryl/α,β-unsaturated/α-hetero) is 1. The van der Waals surface area contributed by atoms with Gasteiger partial charge in [-0.05, 0) is 6.42 Å². The predicted octanol–water partition coefficient (Wildman–Crippen LogP) is -1.72. The number of carbonyl (C=O) groups is 1. The maximum absolute atomic E-state index is 11.2. The average Bonchev–Trinajstić information content (AvgIpc) is 2.23. The zero-order chi connectivity index (χ0) is 12.1. The van der Waals surface area contributed by atoms with E-state index in [1.54, 1.807) is 0 Å². The van der Waals surface area contributed by atoms with Crippen molar-refractivity contribution < 1.29 is 34.4 Å². The monoisotopic (exact) mass is 242 g/mol. The van der Waals surface area contributed by atoms with Gasteiger partial charge >= 0.3 is 8.60 Å². The second kappa shape index (κ2) is 6.44. The third-order valence-corrected chi connectivity index (χ3v) is 2.38. The highest BCUT2D eigenvalue weighted by molar-refractivity contribution is 7.39. The highest BCUT2D eigenvalue weighted by Gasteiger charge is 2.38. The van der Waals surface area contributed by atoms with E-state index in [9.17, 15) is 15.0 Å². The molecule has 15 heavy (non-hydrogen) atoms. The third-order valence-electron chi connectivity index (χ3n) is 2.02. The molecule has 0 saturated carbocycles. The Kier molecular flexibility index (Phi) is 6.38. The lowest BCUT2D eigenvalue weighted by molar-refractivity contribution is -0.152. The molecule has 0 saturated heterocycles. The number of carbonyl (C=O) groups excluding carboxylic acids is 1. The van der Waals surface area contributed by atoms with Crippen LogP contribution >= 0.6 is 8.60 Å². The van der Waals surface area contributed by atoms with Crippen molar-refractivity contribution in [1.82, 2.24) is 0 Å². The third kappa shape index (κ3) is 4.48. The Balaban J connectivity index is 4.29. The van der Waals surface area contributed by atoms with E-state index in [-0.39, 0.29) is 6.42 Å². The Hall–Kier alpha value is -0.140. The van der Waals surface area contributed by atoms with Crippen molar-refractivity contribution in [2.75, 3.05) is 13.2 Å². The number of aliphatic hydroxyl groups is 3. The molecule has 0 aromatic carbocycles. The van der Waals surface area contributed by atoms with E-state index < -0.39 is 39.3 Å². The molecule has 7 nitrogen and oxygen atoms in total. The zero-order valence-corrected chi connectivity index (χ0v) is 9.09. The summed E-state index contributed by atoms with van der Waals surface area (Å²) in [6, 6.07) is 0. The highest BCUT2D eigenvalue weighted by atomic mass is 31.2. The lowest BCUT2D eigenvalue weighted by atomic mass is 9.92. The van der Waals surface area contributed by atoms with Crippen LogP contribution in [0.1, 0.15) is 13.3 Å². The van der Waals surface area contributed by atoms with E-state index in [1.807, 2.05) is 0 Å². The van der Waals surface area contributed by atoms with Gasteiger partial charge in [-0.1, -0.05) is 6.92 Å². The van der Waals surface area contributed by atoms with Gasteiger partial charge in [0.2, 0.25) is 0 Å². The molecule has 0 aliphatic carbocycles. The van der Waals surface area contributed by atoms with E-state index in [2.05, 4.69) is 4.52 Å². The first-order valence-corrected chi connectivity index (χ1v) is 5.38. The smallest absolute Gasteiger partial charge is 0.327 e. The van der Waals surface area contributed by atoms with E-state index in [0.29, 0.717) is 0 Å². The van der Waals surface area contributed by atoms with Crippen LogP contribution in [0.2, 0.25) is 0 Å². The molecule has 0 amide bonds. The van der Waals surface area contributed by atoms with Gasteiger partial charge in [-0.25, -0.2) is 0 Å². The minimum absolute atomic E-state index is 0.0244. The molecule has 0 radical (unpaired) electrons. The van der Waals surface area contributed by atoms with Crippen LogP contribution in [0.3, 0.4) is 0 Å². The van der Waals surface area contributed by atoms with Crippen LogP contribution < -0.4 is 0 Å². The molecule has 2 unspecified atom stereocenters. The summed E-state index contributed by atoms with van der Waals surface area (Å²) in [6.07, 6.45) is -1.84. The molecular formula is C7H15O7P. The van der Waals surface area contributed by atoms with Gasteiger partial charge in [-0.3, -0.25) is 4.79 Å². The van der Waals surface area contributed by atoms with Gasteiger partial charge < -0.3 is 29.6 Å². The molecule has 0 bridgehead atoms. The minimum atomic E-state index is -2.68. The summed E-state index contributed by atoms with van der Waals surface area (Å²) in [4.78, 5) is 27.9. The van der Waals surface area contributed by atoms with Crippen LogP contribution in [0.5, 0.6) is 0 Å². The first-order chi connectivity index (χ1) is 6.87. The molecule has 0 spiro atoms. The predicted molar refractivity (Wildman–Crippen MR) is 50.7 cm³/mol. The minimum Gasteiger partial charge on any atom is -0.393 e. The quantitative estimate of drug-likeness (QED) is 0.336. The number of hydrogen-bond acceptors (Lipinski definition) is 7. The highest BCUT2D eigenvalue weighted by Crippen LogP contribution is 2.24. The number of ketones is 1.